The Morgan fingerprint density at radius 3 is 2.40 bits per heavy atom. The topological polar surface area (TPSA) is 95.3 Å². The van der Waals surface area contributed by atoms with Crippen molar-refractivity contribution in [2.45, 2.75) is 43.9 Å². The van der Waals surface area contributed by atoms with Crippen molar-refractivity contribution < 1.29 is 44.2 Å². The molecule has 30 heavy (non-hydrogen) atoms. The van der Waals surface area contributed by atoms with Crippen molar-refractivity contribution in [1.29, 1.82) is 0 Å². The number of aromatic nitrogens is 3. The van der Waals surface area contributed by atoms with Crippen LogP contribution in [0, 0.1) is 0 Å². The van der Waals surface area contributed by atoms with Gasteiger partial charge in [0.2, 0.25) is 10.0 Å². The highest BCUT2D eigenvalue weighted by Gasteiger charge is 2.32. The molecule has 2 aromatic rings. The van der Waals surface area contributed by atoms with Crippen LogP contribution in [0.4, 0.5) is 26.3 Å². The van der Waals surface area contributed by atoms with E-state index in [9.17, 15) is 34.8 Å². The molecule has 0 bridgehead atoms. The first-order chi connectivity index (χ1) is 13.7. The molecule has 8 nitrogen and oxygen atoms in total. The van der Waals surface area contributed by atoms with Crippen LogP contribution in [0.5, 0.6) is 11.8 Å². The molecule has 0 fully saturated rings. The fourth-order valence-corrected chi connectivity index (χ4v) is 3.60. The van der Waals surface area contributed by atoms with E-state index in [1.807, 2.05) is 0 Å². The van der Waals surface area contributed by atoms with Crippen molar-refractivity contribution in [3.05, 3.63) is 30.1 Å². The van der Waals surface area contributed by atoms with Crippen LogP contribution in [-0.2, 0) is 16.6 Å². The van der Waals surface area contributed by atoms with Gasteiger partial charge >= 0.3 is 18.5 Å². The van der Waals surface area contributed by atoms with Crippen LogP contribution in [0.3, 0.4) is 0 Å². The molecule has 1 aromatic heterocycles. The standard InChI is InChI=1S/C15H16F6N4O4S/c1-3-25-12(22-23-13(25)28-8-14(16,17)18)9(2)24-30(26,27)11-6-4-5-10(7-11)29-15(19,20)21/h4-7,9,24H,3,8H2,1-2H3/t9-/m1/s1. The number of alkyl halides is 6. The van der Waals surface area contributed by atoms with Crippen molar-refractivity contribution in [1.82, 2.24) is 19.5 Å². The zero-order valence-electron chi connectivity index (χ0n) is 15.5. The number of ether oxygens (including phenoxy) is 2. The molecule has 0 saturated carbocycles. The Hall–Kier alpha value is -2.55. The molecular weight excluding hydrogens is 446 g/mol. The number of benzene rings is 1. The Kier molecular flexibility index (Phi) is 6.86. The summed E-state index contributed by atoms with van der Waals surface area (Å²) in [7, 11) is -4.34. The van der Waals surface area contributed by atoms with Gasteiger partial charge in [-0.15, -0.1) is 18.3 Å². The van der Waals surface area contributed by atoms with E-state index >= 15 is 0 Å². The van der Waals surface area contributed by atoms with Gasteiger partial charge in [0.25, 0.3) is 0 Å². The SMILES string of the molecule is CCn1c(OCC(F)(F)F)nnc1[C@@H](C)NS(=O)(=O)c1cccc(OC(F)(F)F)c1. The van der Waals surface area contributed by atoms with Crippen LogP contribution < -0.4 is 14.2 Å². The van der Waals surface area contributed by atoms with Gasteiger partial charge < -0.3 is 9.47 Å². The second kappa shape index (κ2) is 8.67. The van der Waals surface area contributed by atoms with E-state index in [1.165, 1.54) is 6.92 Å². The Bertz CT molecular complexity index is 974. The first kappa shape index (κ1) is 23.7. The molecule has 1 aromatic carbocycles. The van der Waals surface area contributed by atoms with Crippen LogP contribution in [0.15, 0.2) is 29.2 Å². The lowest BCUT2D eigenvalue weighted by Gasteiger charge is -2.16. The van der Waals surface area contributed by atoms with E-state index < -0.39 is 51.9 Å². The van der Waals surface area contributed by atoms with Crippen LogP contribution in [0.25, 0.3) is 0 Å². The van der Waals surface area contributed by atoms with Gasteiger partial charge in [0, 0.05) is 12.6 Å². The van der Waals surface area contributed by atoms with Gasteiger partial charge in [-0.2, -0.15) is 13.2 Å². The summed E-state index contributed by atoms with van der Waals surface area (Å²) in [6.45, 7) is 1.33. The average Bonchev–Trinajstić information content (AvgIpc) is 3.01. The molecule has 2 rings (SSSR count). The highest BCUT2D eigenvalue weighted by molar-refractivity contribution is 7.89. The second-order valence-corrected chi connectivity index (χ2v) is 7.57. The average molecular weight is 462 g/mol. The summed E-state index contributed by atoms with van der Waals surface area (Å²) in [4.78, 5) is -0.521. The Balaban J connectivity index is 2.22. The van der Waals surface area contributed by atoms with Gasteiger partial charge in [-0.1, -0.05) is 11.2 Å². The molecule has 0 aliphatic rings. The largest absolute Gasteiger partial charge is 0.573 e. The maximum atomic E-state index is 12.5. The molecule has 1 atom stereocenters. The maximum absolute atomic E-state index is 12.5. The van der Waals surface area contributed by atoms with E-state index in [0.29, 0.717) is 6.07 Å². The smallest absolute Gasteiger partial charge is 0.454 e. The van der Waals surface area contributed by atoms with Gasteiger partial charge in [0.05, 0.1) is 10.9 Å². The molecule has 0 unspecified atom stereocenters. The van der Waals surface area contributed by atoms with Crippen LogP contribution >= 0.6 is 0 Å². The number of nitrogens with one attached hydrogen (secondary N) is 1. The van der Waals surface area contributed by atoms with E-state index in [-0.39, 0.29) is 12.4 Å². The Morgan fingerprint density at radius 2 is 1.83 bits per heavy atom. The maximum Gasteiger partial charge on any atom is 0.573 e. The minimum atomic E-state index is -5.01. The molecule has 0 amide bonds. The number of rotatable bonds is 8. The summed E-state index contributed by atoms with van der Waals surface area (Å²) in [5.41, 5.74) is 0. The molecule has 1 heterocycles. The predicted octanol–water partition coefficient (Wildman–Crippen LogP) is 3.18. The van der Waals surface area contributed by atoms with Crippen molar-refractivity contribution in [3.8, 4) is 11.8 Å². The molecule has 168 valence electrons. The van der Waals surface area contributed by atoms with Gasteiger partial charge in [-0.05, 0) is 26.0 Å². The Labute approximate surface area is 166 Å². The number of nitrogens with zero attached hydrogens (tertiary/aromatic N) is 3. The van der Waals surface area contributed by atoms with Crippen molar-refractivity contribution in [2.75, 3.05) is 6.61 Å². The Morgan fingerprint density at radius 1 is 1.17 bits per heavy atom. The summed E-state index contributed by atoms with van der Waals surface area (Å²) in [6.07, 6.45) is -9.62. The summed E-state index contributed by atoms with van der Waals surface area (Å²) in [6, 6.07) is 2.13. The lowest BCUT2D eigenvalue weighted by atomic mass is 10.3. The molecule has 15 heteroatoms. The number of hydrogen-bond donors (Lipinski definition) is 1. The van der Waals surface area contributed by atoms with Gasteiger partial charge in [-0.25, -0.2) is 13.1 Å². The van der Waals surface area contributed by atoms with Crippen LogP contribution in [0.2, 0.25) is 0 Å². The van der Waals surface area contributed by atoms with Crippen LogP contribution in [0.1, 0.15) is 25.7 Å². The lowest BCUT2D eigenvalue weighted by Crippen LogP contribution is -2.29. The van der Waals surface area contributed by atoms with Crippen molar-refractivity contribution in [2.24, 2.45) is 0 Å². The minimum Gasteiger partial charge on any atom is -0.454 e. The third-order valence-corrected chi connectivity index (χ3v) is 5.03. The fraction of sp³-hybridized carbons (Fsp3) is 0.467. The summed E-state index contributed by atoms with van der Waals surface area (Å²) in [5, 5.41) is 7.13. The molecule has 0 saturated heterocycles. The van der Waals surface area contributed by atoms with Gasteiger partial charge in [0.15, 0.2) is 12.4 Å². The number of hydrogen-bond acceptors (Lipinski definition) is 6. The van der Waals surface area contributed by atoms with Crippen molar-refractivity contribution in [3.63, 3.8) is 0 Å². The zero-order chi connectivity index (χ0) is 22.7. The quantitative estimate of drug-likeness (QED) is 0.606. The number of sulfonamides is 1. The lowest BCUT2D eigenvalue weighted by molar-refractivity contribution is -0.274. The summed E-state index contributed by atoms with van der Waals surface area (Å²) >= 11 is 0. The summed E-state index contributed by atoms with van der Waals surface area (Å²) in [5.74, 6) is -0.793. The zero-order valence-corrected chi connectivity index (χ0v) is 16.3. The molecule has 0 aliphatic carbocycles. The predicted molar refractivity (Wildman–Crippen MR) is 89.1 cm³/mol. The second-order valence-electron chi connectivity index (χ2n) is 5.85. The van der Waals surface area contributed by atoms with E-state index in [0.717, 1.165) is 22.8 Å². The molecule has 0 radical (unpaired) electrons. The van der Waals surface area contributed by atoms with E-state index in [4.69, 9.17) is 0 Å². The third-order valence-electron chi connectivity index (χ3n) is 3.50. The third kappa shape index (κ3) is 6.48. The summed E-state index contributed by atoms with van der Waals surface area (Å²) < 4.78 is 111. The highest BCUT2D eigenvalue weighted by Crippen LogP contribution is 2.26. The molecule has 1 N–H and O–H groups in total. The first-order valence-electron chi connectivity index (χ1n) is 8.22. The van der Waals surface area contributed by atoms with Gasteiger partial charge in [0.1, 0.15) is 5.75 Å². The fourth-order valence-electron chi connectivity index (χ4n) is 2.36. The van der Waals surface area contributed by atoms with E-state index in [1.54, 1.807) is 6.92 Å². The first-order valence-corrected chi connectivity index (χ1v) is 9.71. The molecule has 0 spiro atoms. The molecule has 0 aliphatic heterocycles. The van der Waals surface area contributed by atoms with Crippen molar-refractivity contribution >= 4 is 10.0 Å². The number of halogens is 6. The molecular formula is C15H16F6N4O4S. The highest BCUT2D eigenvalue weighted by atomic mass is 32.2. The monoisotopic (exact) mass is 462 g/mol. The van der Waals surface area contributed by atoms with E-state index in [2.05, 4.69) is 24.4 Å². The normalized spacial score (nSPS) is 13.9. The minimum absolute atomic E-state index is 0.0547. The van der Waals surface area contributed by atoms with Gasteiger partial charge in [-0.3, -0.25) is 4.57 Å². The van der Waals surface area contributed by atoms with Crippen LogP contribution in [-0.4, -0.2) is 42.3 Å².